The van der Waals surface area contributed by atoms with E-state index in [4.69, 9.17) is 9.47 Å². The van der Waals surface area contributed by atoms with Gasteiger partial charge in [-0.15, -0.1) is 0 Å². The molecule has 1 atom stereocenters. The van der Waals surface area contributed by atoms with Gasteiger partial charge < -0.3 is 19.3 Å². The Kier molecular flexibility index (Phi) is 11.5. The first kappa shape index (κ1) is 36.3. The summed E-state index contributed by atoms with van der Waals surface area (Å²) in [6.45, 7) is 10.1. The van der Waals surface area contributed by atoms with Gasteiger partial charge in [-0.05, 0) is 87.5 Å². The molecule has 3 aliphatic rings. The number of rotatable bonds is 11. The monoisotopic (exact) mass is 683 g/mol. The van der Waals surface area contributed by atoms with Crippen molar-refractivity contribution in [1.82, 2.24) is 14.7 Å². The van der Waals surface area contributed by atoms with Crippen LogP contribution in [-0.4, -0.2) is 85.7 Å². The number of hydrogen-bond acceptors (Lipinski definition) is 5. The molecule has 1 aliphatic carbocycles. The summed E-state index contributed by atoms with van der Waals surface area (Å²) in [4.78, 5) is 20.2. The highest BCUT2D eigenvalue weighted by molar-refractivity contribution is 5.79. The van der Waals surface area contributed by atoms with Crippen LogP contribution in [0.4, 0.5) is 26.3 Å². The van der Waals surface area contributed by atoms with Crippen LogP contribution in [0, 0.1) is 0 Å². The lowest BCUT2D eigenvalue weighted by Gasteiger charge is -2.42. The molecule has 2 aromatic carbocycles. The van der Waals surface area contributed by atoms with Gasteiger partial charge in [-0.2, -0.15) is 26.3 Å². The van der Waals surface area contributed by atoms with Crippen LogP contribution in [0.15, 0.2) is 36.4 Å². The van der Waals surface area contributed by atoms with Crippen LogP contribution in [0.1, 0.15) is 81.0 Å². The van der Waals surface area contributed by atoms with Gasteiger partial charge in [0.05, 0.1) is 30.8 Å². The third-order valence-electron chi connectivity index (χ3n) is 10.3. The second kappa shape index (κ2) is 15.3. The average Bonchev–Trinajstić information content (AvgIpc) is 3.50. The van der Waals surface area contributed by atoms with Gasteiger partial charge in [0.25, 0.3) is 0 Å². The van der Waals surface area contributed by atoms with Crippen molar-refractivity contribution in [2.24, 2.45) is 0 Å². The zero-order valence-corrected chi connectivity index (χ0v) is 27.9. The fraction of sp³-hybridized carbons (Fsp3) is 0.639. The average molecular weight is 684 g/mol. The molecule has 2 aromatic rings. The normalized spacial score (nSPS) is 21.9. The molecule has 1 amide bonds. The van der Waals surface area contributed by atoms with Crippen molar-refractivity contribution in [3.63, 3.8) is 0 Å². The van der Waals surface area contributed by atoms with Crippen LogP contribution >= 0.6 is 0 Å². The Bertz CT molecular complexity index is 1350. The van der Waals surface area contributed by atoms with Crippen LogP contribution in [-0.2, 0) is 29.0 Å². The number of carbonyl (C=O) groups is 1. The summed E-state index contributed by atoms with van der Waals surface area (Å²) in [5.41, 5.74) is -2.65. The number of amides is 1. The van der Waals surface area contributed by atoms with Gasteiger partial charge in [0.2, 0.25) is 5.91 Å². The molecule has 0 unspecified atom stereocenters. The Labute approximate surface area is 279 Å². The summed E-state index contributed by atoms with van der Waals surface area (Å²) < 4.78 is 92.7. The summed E-state index contributed by atoms with van der Waals surface area (Å²) in [6, 6.07) is 7.88. The van der Waals surface area contributed by atoms with Crippen molar-refractivity contribution in [3.8, 4) is 11.5 Å². The van der Waals surface area contributed by atoms with Crippen molar-refractivity contribution < 1.29 is 40.6 Å². The molecule has 5 rings (SSSR count). The molecule has 0 radical (unpaired) electrons. The van der Waals surface area contributed by atoms with Gasteiger partial charge in [-0.25, -0.2) is 0 Å². The van der Waals surface area contributed by atoms with Crippen molar-refractivity contribution in [2.45, 2.75) is 89.0 Å². The predicted molar refractivity (Wildman–Crippen MR) is 171 cm³/mol. The van der Waals surface area contributed by atoms with E-state index in [1.165, 1.54) is 32.1 Å². The Hall–Kier alpha value is -2.99. The Balaban J connectivity index is 1.35. The van der Waals surface area contributed by atoms with Crippen LogP contribution < -0.4 is 9.47 Å². The highest BCUT2D eigenvalue weighted by Gasteiger charge is 2.43. The Morgan fingerprint density at radius 1 is 0.812 bits per heavy atom. The summed E-state index contributed by atoms with van der Waals surface area (Å²) in [6.07, 6.45) is -2.71. The van der Waals surface area contributed by atoms with E-state index in [-0.39, 0.29) is 11.6 Å². The van der Waals surface area contributed by atoms with Gasteiger partial charge in [0, 0.05) is 50.7 Å². The van der Waals surface area contributed by atoms with E-state index >= 15 is 0 Å². The van der Waals surface area contributed by atoms with Crippen molar-refractivity contribution >= 4 is 5.91 Å². The summed E-state index contributed by atoms with van der Waals surface area (Å²) in [5, 5.41) is 0. The van der Waals surface area contributed by atoms with Crippen LogP contribution in [0.5, 0.6) is 11.5 Å². The lowest BCUT2D eigenvalue weighted by molar-refractivity contribution is -0.143. The molecule has 266 valence electrons. The quantitative estimate of drug-likeness (QED) is 0.229. The maximum atomic E-state index is 13.6. The molecular formula is C36H47F6N3O3. The van der Waals surface area contributed by atoms with E-state index < -0.39 is 41.2 Å². The van der Waals surface area contributed by atoms with Gasteiger partial charge in [0.15, 0.2) is 11.5 Å². The molecule has 1 saturated carbocycles. The van der Waals surface area contributed by atoms with Gasteiger partial charge >= 0.3 is 12.4 Å². The van der Waals surface area contributed by atoms with Gasteiger partial charge in [-0.1, -0.05) is 25.3 Å². The standard InChI is InChI=1S/C36H47F6N3O3/c1-3-47-31-11-10-27(24-32(31)48-4-2)34(12-14-43-16-18-44(19-17-43)30-8-6-5-7-9-30)13-15-45(25-34)33(46)22-26-20-28(35(37,38)39)23-29(21-26)36(40,41)42/h10-11,20-21,23-24,30H,3-9,12-19,22,25H2,1-2H3/t34-/m1/s1. The topological polar surface area (TPSA) is 45.2 Å². The van der Waals surface area contributed by atoms with Crippen LogP contribution in [0.2, 0.25) is 0 Å². The Morgan fingerprint density at radius 3 is 2.04 bits per heavy atom. The summed E-state index contributed by atoms with van der Waals surface area (Å²) >= 11 is 0. The molecule has 2 aliphatic heterocycles. The van der Waals surface area contributed by atoms with E-state index in [0.717, 1.165) is 44.7 Å². The minimum atomic E-state index is -4.98. The van der Waals surface area contributed by atoms with E-state index in [0.29, 0.717) is 62.4 Å². The second-order valence-corrected chi connectivity index (χ2v) is 13.4. The number of carbonyl (C=O) groups excluding carboxylic acids is 1. The smallest absolute Gasteiger partial charge is 0.416 e. The van der Waals surface area contributed by atoms with Crippen molar-refractivity contribution in [1.29, 1.82) is 0 Å². The number of nitrogens with zero attached hydrogens (tertiary/aromatic N) is 3. The third-order valence-corrected chi connectivity index (χ3v) is 10.3. The number of piperazine rings is 1. The lowest BCUT2D eigenvalue weighted by atomic mass is 9.76. The molecule has 0 N–H and O–H groups in total. The number of hydrogen-bond donors (Lipinski definition) is 0. The number of alkyl halides is 6. The van der Waals surface area contributed by atoms with Crippen molar-refractivity contribution in [2.75, 3.05) is 59.0 Å². The molecule has 2 saturated heterocycles. The van der Waals surface area contributed by atoms with E-state index in [1.807, 2.05) is 32.0 Å². The van der Waals surface area contributed by atoms with Crippen LogP contribution in [0.25, 0.3) is 0 Å². The molecule has 0 aromatic heterocycles. The number of ether oxygens (including phenoxy) is 2. The van der Waals surface area contributed by atoms with Gasteiger partial charge in [-0.3, -0.25) is 9.69 Å². The maximum absolute atomic E-state index is 13.6. The summed E-state index contributed by atoms with van der Waals surface area (Å²) in [5.74, 6) is 0.722. The first-order chi connectivity index (χ1) is 22.8. The minimum absolute atomic E-state index is 0.0890. The van der Waals surface area contributed by atoms with Gasteiger partial charge in [0.1, 0.15) is 0 Å². The number of likely N-dealkylation sites (tertiary alicyclic amines) is 1. The molecule has 48 heavy (non-hydrogen) atoms. The molecule has 0 bridgehead atoms. The largest absolute Gasteiger partial charge is 0.490 e. The van der Waals surface area contributed by atoms with E-state index in [2.05, 4.69) is 9.80 Å². The summed E-state index contributed by atoms with van der Waals surface area (Å²) in [7, 11) is 0. The SMILES string of the molecule is CCOc1ccc([C@]2(CCN3CCN(C4CCCCC4)CC3)CCN(C(=O)Cc3cc(C(F)(F)F)cc(C(F)(F)F)c3)C2)cc1OCC. The molecular weight excluding hydrogens is 636 g/mol. The predicted octanol–water partition coefficient (Wildman–Crippen LogP) is 7.57. The lowest BCUT2D eigenvalue weighted by Crippen LogP contribution is -2.51. The maximum Gasteiger partial charge on any atom is 0.416 e. The van der Waals surface area contributed by atoms with Crippen molar-refractivity contribution in [3.05, 3.63) is 58.7 Å². The first-order valence-corrected chi connectivity index (χ1v) is 17.2. The number of halogens is 6. The fourth-order valence-electron chi connectivity index (χ4n) is 7.63. The second-order valence-electron chi connectivity index (χ2n) is 13.4. The van der Waals surface area contributed by atoms with E-state index in [1.54, 1.807) is 4.90 Å². The molecule has 2 heterocycles. The highest BCUT2D eigenvalue weighted by atomic mass is 19.4. The van der Waals surface area contributed by atoms with E-state index in [9.17, 15) is 31.1 Å². The molecule has 12 heteroatoms. The molecule has 6 nitrogen and oxygen atoms in total. The molecule has 3 fully saturated rings. The highest BCUT2D eigenvalue weighted by Crippen LogP contribution is 2.42. The first-order valence-electron chi connectivity index (χ1n) is 17.2. The Morgan fingerprint density at radius 2 is 1.44 bits per heavy atom. The zero-order chi connectivity index (χ0) is 34.5. The number of benzene rings is 2. The van der Waals surface area contributed by atoms with Crippen LogP contribution in [0.3, 0.4) is 0 Å². The fourth-order valence-corrected chi connectivity index (χ4v) is 7.63. The zero-order valence-electron chi connectivity index (χ0n) is 27.9. The minimum Gasteiger partial charge on any atom is -0.490 e. The third kappa shape index (κ3) is 8.77. The molecule has 0 spiro atoms.